The van der Waals surface area contributed by atoms with Gasteiger partial charge >= 0.3 is 0 Å². The van der Waals surface area contributed by atoms with Crippen LogP contribution >= 0.6 is 0 Å². The molecule has 178 valence electrons. The summed E-state index contributed by atoms with van der Waals surface area (Å²) in [7, 11) is 0. The van der Waals surface area contributed by atoms with Crippen molar-refractivity contribution in [1.82, 2.24) is 0 Å². The van der Waals surface area contributed by atoms with E-state index in [0.29, 0.717) is 32.1 Å². The van der Waals surface area contributed by atoms with E-state index in [1.165, 1.54) is 5.57 Å². The van der Waals surface area contributed by atoms with Gasteiger partial charge < -0.3 is 10.2 Å². The summed E-state index contributed by atoms with van der Waals surface area (Å²) in [6, 6.07) is 0. The van der Waals surface area contributed by atoms with Gasteiger partial charge in [0, 0.05) is 43.6 Å². The number of allylic oxidation sites excluding steroid dienone is 1. The minimum Gasteiger partial charge on any atom is -0.396 e. The van der Waals surface area contributed by atoms with Crippen LogP contribution < -0.4 is 0 Å². The van der Waals surface area contributed by atoms with Crippen LogP contribution in [-0.2, 0) is 14.4 Å². The third kappa shape index (κ3) is 3.64. The molecule has 0 bridgehead atoms. The summed E-state index contributed by atoms with van der Waals surface area (Å²) in [6.45, 7) is 8.15. The Morgan fingerprint density at radius 2 is 1.91 bits per heavy atom. The van der Waals surface area contributed by atoms with Crippen molar-refractivity contribution in [2.75, 3.05) is 6.61 Å². The van der Waals surface area contributed by atoms with Gasteiger partial charge in [0.25, 0.3) is 0 Å². The number of fused-ring (bicyclic) bond motifs is 5. The molecule has 0 aliphatic heterocycles. The Hall–Kier alpha value is -1.33. The summed E-state index contributed by atoms with van der Waals surface area (Å²) in [4.78, 5) is 40.0. The molecule has 4 rings (SSSR count). The second-order valence-corrected chi connectivity index (χ2v) is 11.9. The quantitative estimate of drug-likeness (QED) is 0.606. The number of aliphatic hydroxyl groups is 2. The average Bonchev–Trinajstić information content (AvgIpc) is 3.00. The Balaban J connectivity index is 1.60. The molecule has 0 unspecified atom stereocenters. The highest BCUT2D eigenvalue weighted by Gasteiger charge is 2.65. The van der Waals surface area contributed by atoms with Crippen LogP contribution in [0, 0.1) is 46.3 Å². The lowest BCUT2D eigenvalue weighted by Gasteiger charge is -2.56. The molecule has 3 fully saturated rings. The van der Waals surface area contributed by atoms with Crippen molar-refractivity contribution in [3.8, 4) is 0 Å². The number of carbonyl (C=O) groups is 3. The molecule has 2 N–H and O–H groups in total. The largest absolute Gasteiger partial charge is 0.396 e. The van der Waals surface area contributed by atoms with Gasteiger partial charge in [-0.05, 0) is 60.7 Å². The number of Topliss-reactive ketones (excluding diaryl/α,β-unsaturated/α-hetero) is 3. The second kappa shape index (κ2) is 8.47. The first kappa shape index (κ1) is 23.8. The number of ketones is 3. The van der Waals surface area contributed by atoms with Crippen LogP contribution in [0.15, 0.2) is 11.6 Å². The van der Waals surface area contributed by atoms with E-state index in [2.05, 4.69) is 19.9 Å². The average molecular weight is 445 g/mol. The maximum absolute atomic E-state index is 13.7. The van der Waals surface area contributed by atoms with Crippen LogP contribution in [0.3, 0.4) is 0 Å². The first-order valence-electron chi connectivity index (χ1n) is 12.6. The van der Waals surface area contributed by atoms with Crippen molar-refractivity contribution in [3.63, 3.8) is 0 Å². The van der Waals surface area contributed by atoms with Gasteiger partial charge in [0.2, 0.25) is 0 Å². The molecule has 0 aromatic heterocycles. The first-order valence-corrected chi connectivity index (χ1v) is 12.6. The summed E-state index contributed by atoms with van der Waals surface area (Å²) in [5, 5.41) is 19.4. The molecule has 3 saturated carbocycles. The highest BCUT2D eigenvalue weighted by atomic mass is 16.3. The molecular weight excluding hydrogens is 404 g/mol. The van der Waals surface area contributed by atoms with Gasteiger partial charge in [0.1, 0.15) is 17.3 Å². The molecule has 0 amide bonds. The number of hydrogen-bond acceptors (Lipinski definition) is 5. The topological polar surface area (TPSA) is 91.7 Å². The molecular formula is C27H40O5. The Kier molecular flexibility index (Phi) is 6.30. The summed E-state index contributed by atoms with van der Waals surface area (Å²) < 4.78 is 0. The molecule has 0 aromatic carbocycles. The zero-order valence-electron chi connectivity index (χ0n) is 20.1. The molecule has 9 atom stereocenters. The standard InChI is InChI=1S/C27H40O5/c1-15(14-28)5-8-21(30)16(2)24-22(31)12-20-19-7-6-17-11-18(29)9-10-26(17,3)25(19)23(32)13-27(20,24)4/h6,15-16,18-20,24-25,28-29H,5,7-14H2,1-4H3/t15-,16+,18+,19+,20-,24+,25-,26+,27+/m1/s1. The molecule has 0 radical (unpaired) electrons. The Labute approximate surface area is 192 Å². The van der Waals surface area contributed by atoms with Crippen LogP contribution in [0.2, 0.25) is 0 Å². The van der Waals surface area contributed by atoms with E-state index in [4.69, 9.17) is 0 Å². The van der Waals surface area contributed by atoms with Crippen molar-refractivity contribution in [2.45, 2.75) is 85.2 Å². The van der Waals surface area contributed by atoms with E-state index >= 15 is 0 Å². The van der Waals surface area contributed by atoms with Crippen molar-refractivity contribution in [1.29, 1.82) is 0 Å². The smallest absolute Gasteiger partial charge is 0.137 e. The van der Waals surface area contributed by atoms with E-state index in [1.807, 2.05) is 13.8 Å². The fraction of sp³-hybridized carbons (Fsp3) is 0.815. The molecule has 0 saturated heterocycles. The molecule has 5 nitrogen and oxygen atoms in total. The lowest BCUT2D eigenvalue weighted by Crippen LogP contribution is -2.55. The minimum absolute atomic E-state index is 0.0622. The third-order valence-corrected chi connectivity index (χ3v) is 9.88. The monoisotopic (exact) mass is 444 g/mol. The fourth-order valence-electron chi connectivity index (χ4n) is 8.05. The van der Waals surface area contributed by atoms with Crippen LogP contribution in [-0.4, -0.2) is 40.3 Å². The summed E-state index contributed by atoms with van der Waals surface area (Å²) in [5.41, 5.74) is 0.573. The maximum atomic E-state index is 13.7. The molecule has 0 aromatic rings. The van der Waals surface area contributed by atoms with Gasteiger partial charge in [-0.1, -0.05) is 39.3 Å². The summed E-state index contributed by atoms with van der Waals surface area (Å²) in [6.07, 6.45) is 6.81. The highest BCUT2D eigenvalue weighted by molar-refractivity contribution is 5.94. The maximum Gasteiger partial charge on any atom is 0.137 e. The number of rotatable bonds is 6. The number of hydrogen-bond donors (Lipinski definition) is 2. The van der Waals surface area contributed by atoms with E-state index < -0.39 is 5.41 Å². The van der Waals surface area contributed by atoms with Crippen LogP contribution in [0.25, 0.3) is 0 Å². The zero-order valence-corrected chi connectivity index (χ0v) is 20.1. The second-order valence-electron chi connectivity index (χ2n) is 11.9. The SMILES string of the molecule is C[C@@H](CO)CCC(=O)[C@H](C)[C@H]1C(=O)C[C@@H]2[C@@H]3CC=C4C[C@@H](O)CC[C@]4(C)[C@H]3C(=O)C[C@@]21C. The molecule has 0 spiro atoms. The van der Waals surface area contributed by atoms with Gasteiger partial charge in [-0.3, -0.25) is 14.4 Å². The summed E-state index contributed by atoms with van der Waals surface area (Å²) >= 11 is 0. The number of carbonyl (C=O) groups excluding carboxylic acids is 3. The van der Waals surface area contributed by atoms with Crippen molar-refractivity contribution >= 4 is 17.3 Å². The van der Waals surface area contributed by atoms with E-state index in [1.54, 1.807) is 0 Å². The lowest BCUT2D eigenvalue weighted by molar-refractivity contribution is -0.148. The zero-order chi connectivity index (χ0) is 23.4. The van der Waals surface area contributed by atoms with Gasteiger partial charge in [-0.25, -0.2) is 0 Å². The van der Waals surface area contributed by atoms with Crippen molar-refractivity contribution < 1.29 is 24.6 Å². The Bertz CT molecular complexity index is 830. The first-order chi connectivity index (χ1) is 15.0. The van der Waals surface area contributed by atoms with Gasteiger partial charge in [-0.2, -0.15) is 0 Å². The predicted molar refractivity (Wildman–Crippen MR) is 122 cm³/mol. The molecule has 5 heteroatoms. The van der Waals surface area contributed by atoms with E-state index in [0.717, 1.165) is 19.3 Å². The van der Waals surface area contributed by atoms with Gasteiger partial charge in [-0.15, -0.1) is 0 Å². The Morgan fingerprint density at radius 1 is 1.19 bits per heavy atom. The van der Waals surface area contributed by atoms with E-state index in [9.17, 15) is 24.6 Å². The van der Waals surface area contributed by atoms with Crippen LogP contribution in [0.1, 0.15) is 79.1 Å². The molecule has 0 heterocycles. The molecule has 32 heavy (non-hydrogen) atoms. The third-order valence-electron chi connectivity index (χ3n) is 9.88. The van der Waals surface area contributed by atoms with Gasteiger partial charge in [0.05, 0.1) is 6.10 Å². The molecule has 4 aliphatic carbocycles. The van der Waals surface area contributed by atoms with Gasteiger partial charge in [0.15, 0.2) is 0 Å². The Morgan fingerprint density at radius 3 is 2.59 bits per heavy atom. The van der Waals surface area contributed by atoms with E-state index in [-0.39, 0.29) is 71.0 Å². The van der Waals surface area contributed by atoms with Crippen LogP contribution in [0.5, 0.6) is 0 Å². The normalized spacial score (nSPS) is 43.1. The van der Waals surface area contributed by atoms with Crippen molar-refractivity contribution in [3.05, 3.63) is 11.6 Å². The summed E-state index contributed by atoms with van der Waals surface area (Å²) in [5.74, 6) is 0.00156. The lowest BCUT2D eigenvalue weighted by atomic mass is 9.46. The van der Waals surface area contributed by atoms with Crippen LogP contribution in [0.4, 0.5) is 0 Å². The van der Waals surface area contributed by atoms with Crippen molar-refractivity contribution in [2.24, 2.45) is 46.3 Å². The fourth-order valence-corrected chi connectivity index (χ4v) is 8.05. The molecule has 4 aliphatic rings. The highest BCUT2D eigenvalue weighted by Crippen LogP contribution is 2.65. The number of aliphatic hydroxyl groups excluding tert-OH is 2. The predicted octanol–water partition coefficient (Wildman–Crippen LogP) is 3.90. The minimum atomic E-state index is -0.455.